The number of rotatable bonds is 17. The van der Waals surface area contributed by atoms with Crippen molar-refractivity contribution in [2.24, 2.45) is 17.3 Å². The van der Waals surface area contributed by atoms with E-state index in [0.717, 1.165) is 5.56 Å². The minimum Gasteiger partial charge on any atom is -0.469 e. The lowest BCUT2D eigenvalue weighted by Crippen LogP contribution is -2.50. The standard InChI is InChI=1S/C29H42NO13P/c1-20(2)22(16-25(33)39-17-21-10-7-6-8-11-21)28(35)38-15-9-12-24(32)40-19-42-44(36)41-18-29(3,4)26(43-44)27(34)30-14-13-23(31)37-5/h6-8,10-11,20,22,26H,9,12-19H2,1-5H3,(H,30,34)/t22-,26-,44?/m0/s1. The molecule has 1 N–H and O–H groups in total. The highest BCUT2D eigenvalue weighted by Gasteiger charge is 2.49. The molecule has 1 unspecified atom stereocenters. The fourth-order valence-corrected chi connectivity index (χ4v) is 5.38. The molecule has 15 heteroatoms. The second kappa shape index (κ2) is 17.8. The molecular weight excluding hydrogens is 601 g/mol. The third-order valence-electron chi connectivity index (χ3n) is 6.57. The number of carbonyl (C=O) groups excluding carboxylic acids is 5. The number of phosphoric acid groups is 1. The Morgan fingerprint density at radius 2 is 1.70 bits per heavy atom. The van der Waals surface area contributed by atoms with E-state index in [4.69, 9.17) is 27.8 Å². The Morgan fingerprint density at radius 3 is 2.36 bits per heavy atom. The molecule has 0 saturated carbocycles. The summed E-state index contributed by atoms with van der Waals surface area (Å²) in [5, 5.41) is 2.51. The van der Waals surface area contributed by atoms with E-state index in [1.54, 1.807) is 27.7 Å². The summed E-state index contributed by atoms with van der Waals surface area (Å²) < 4.78 is 48.5. The summed E-state index contributed by atoms with van der Waals surface area (Å²) in [4.78, 5) is 60.8. The van der Waals surface area contributed by atoms with Gasteiger partial charge in [0.05, 0.1) is 39.1 Å². The van der Waals surface area contributed by atoms with E-state index < -0.39 is 61.8 Å². The highest BCUT2D eigenvalue weighted by atomic mass is 31.2. The van der Waals surface area contributed by atoms with Gasteiger partial charge in [-0.2, -0.15) is 0 Å². The number of phosphoric ester groups is 1. The van der Waals surface area contributed by atoms with Gasteiger partial charge in [0.25, 0.3) is 0 Å². The predicted molar refractivity (Wildman–Crippen MR) is 153 cm³/mol. The number of methoxy groups -OCH3 is 1. The number of benzene rings is 1. The monoisotopic (exact) mass is 643 g/mol. The Bertz CT molecular complexity index is 1170. The first-order valence-electron chi connectivity index (χ1n) is 14.2. The maximum Gasteiger partial charge on any atom is 0.478 e. The van der Waals surface area contributed by atoms with Gasteiger partial charge in [0.15, 0.2) is 6.10 Å². The van der Waals surface area contributed by atoms with Crippen LogP contribution in [0, 0.1) is 17.3 Å². The minimum absolute atomic E-state index is 0.0141. The Labute approximate surface area is 257 Å². The molecule has 1 saturated heterocycles. The van der Waals surface area contributed by atoms with Crippen molar-refractivity contribution in [3.8, 4) is 0 Å². The normalized spacial score (nSPS) is 19.8. The van der Waals surface area contributed by atoms with Crippen molar-refractivity contribution in [2.45, 2.75) is 66.1 Å². The van der Waals surface area contributed by atoms with Crippen LogP contribution in [0.5, 0.6) is 0 Å². The van der Waals surface area contributed by atoms with E-state index in [1.165, 1.54) is 7.11 Å². The molecular formula is C29H42NO13P. The molecule has 1 aromatic rings. The van der Waals surface area contributed by atoms with Gasteiger partial charge in [-0.1, -0.05) is 58.0 Å². The summed E-state index contributed by atoms with van der Waals surface area (Å²) in [5.74, 6) is -3.86. The highest BCUT2D eigenvalue weighted by molar-refractivity contribution is 7.48. The van der Waals surface area contributed by atoms with Gasteiger partial charge in [-0.05, 0) is 17.9 Å². The van der Waals surface area contributed by atoms with Crippen LogP contribution in [0.25, 0.3) is 0 Å². The van der Waals surface area contributed by atoms with E-state index in [-0.39, 0.29) is 58.0 Å². The molecule has 14 nitrogen and oxygen atoms in total. The molecule has 44 heavy (non-hydrogen) atoms. The number of nitrogens with one attached hydrogen (secondary N) is 1. The smallest absolute Gasteiger partial charge is 0.469 e. The van der Waals surface area contributed by atoms with Crippen LogP contribution in [-0.4, -0.2) is 69.5 Å². The average Bonchev–Trinajstić information content (AvgIpc) is 2.98. The summed E-state index contributed by atoms with van der Waals surface area (Å²) in [5.41, 5.74) is -0.0462. The lowest BCUT2D eigenvalue weighted by molar-refractivity contribution is -0.159. The first-order chi connectivity index (χ1) is 20.8. The number of hydrogen-bond donors (Lipinski definition) is 1. The Kier molecular flexibility index (Phi) is 15.0. The zero-order valence-electron chi connectivity index (χ0n) is 25.7. The third kappa shape index (κ3) is 12.7. The van der Waals surface area contributed by atoms with Crippen molar-refractivity contribution in [1.82, 2.24) is 5.32 Å². The van der Waals surface area contributed by atoms with Crippen LogP contribution in [0.1, 0.15) is 58.9 Å². The second-order valence-electron chi connectivity index (χ2n) is 11.0. The molecule has 246 valence electrons. The number of hydrogen-bond acceptors (Lipinski definition) is 13. The van der Waals surface area contributed by atoms with Gasteiger partial charge in [-0.15, -0.1) is 0 Å². The zero-order valence-corrected chi connectivity index (χ0v) is 26.6. The zero-order chi connectivity index (χ0) is 32.8. The Morgan fingerprint density at radius 1 is 1.00 bits per heavy atom. The lowest BCUT2D eigenvalue weighted by Gasteiger charge is -2.39. The fourth-order valence-electron chi connectivity index (χ4n) is 3.87. The summed E-state index contributed by atoms with van der Waals surface area (Å²) in [6, 6.07) is 9.17. The van der Waals surface area contributed by atoms with E-state index >= 15 is 0 Å². The molecule has 0 aromatic heterocycles. The van der Waals surface area contributed by atoms with E-state index in [9.17, 15) is 28.5 Å². The SMILES string of the molecule is COC(=O)CCNC(=O)[C@@H]1OP(=O)(OCOC(=O)CCCOC(=O)[C@@H](CC(=O)OCc2ccccc2)C(C)C)OCC1(C)C. The molecule has 1 fully saturated rings. The van der Waals surface area contributed by atoms with Crippen molar-refractivity contribution in [1.29, 1.82) is 0 Å². The molecule has 3 atom stereocenters. The van der Waals surface area contributed by atoms with E-state index in [2.05, 4.69) is 10.1 Å². The minimum atomic E-state index is -4.25. The fraction of sp³-hybridized carbons (Fsp3) is 0.621. The molecule has 0 radical (unpaired) electrons. The summed E-state index contributed by atoms with van der Waals surface area (Å²) in [6.07, 6.45) is -1.45. The quantitative estimate of drug-likeness (QED) is 0.0858. The van der Waals surface area contributed by atoms with Crippen LogP contribution in [0.4, 0.5) is 0 Å². The second-order valence-corrected chi connectivity index (χ2v) is 12.7. The third-order valence-corrected chi connectivity index (χ3v) is 7.91. The molecule has 1 heterocycles. The van der Waals surface area contributed by atoms with Gasteiger partial charge in [0.1, 0.15) is 6.61 Å². The summed E-state index contributed by atoms with van der Waals surface area (Å²) in [7, 11) is -3.03. The van der Waals surface area contributed by atoms with E-state index in [1.807, 2.05) is 30.3 Å². The van der Waals surface area contributed by atoms with Gasteiger partial charge in [0, 0.05) is 18.4 Å². The van der Waals surface area contributed by atoms with Gasteiger partial charge >= 0.3 is 31.7 Å². The highest BCUT2D eigenvalue weighted by Crippen LogP contribution is 2.57. The van der Waals surface area contributed by atoms with Gasteiger partial charge in [-0.3, -0.25) is 33.0 Å². The number of ether oxygens (including phenoxy) is 4. The molecule has 1 aliphatic rings. The van der Waals surface area contributed by atoms with Gasteiger partial charge in [-0.25, -0.2) is 9.09 Å². The van der Waals surface area contributed by atoms with Crippen molar-refractivity contribution in [2.75, 3.05) is 33.7 Å². The summed E-state index contributed by atoms with van der Waals surface area (Å²) >= 11 is 0. The molecule has 1 aromatic carbocycles. The van der Waals surface area contributed by atoms with Gasteiger partial charge in [0.2, 0.25) is 12.7 Å². The maximum atomic E-state index is 12.9. The Hall–Kier alpha value is -3.32. The van der Waals surface area contributed by atoms with E-state index in [0.29, 0.717) is 0 Å². The predicted octanol–water partition coefficient (Wildman–Crippen LogP) is 3.46. The molecule has 1 aliphatic heterocycles. The molecule has 0 bridgehead atoms. The Balaban J connectivity index is 1.70. The average molecular weight is 644 g/mol. The van der Waals surface area contributed by atoms with Crippen molar-refractivity contribution < 1.29 is 61.1 Å². The molecule has 2 rings (SSSR count). The topological polar surface area (TPSA) is 179 Å². The van der Waals surface area contributed by atoms with Crippen molar-refractivity contribution >= 4 is 37.6 Å². The molecule has 1 amide bonds. The van der Waals surface area contributed by atoms with Crippen molar-refractivity contribution in [3.63, 3.8) is 0 Å². The van der Waals surface area contributed by atoms with Crippen LogP contribution < -0.4 is 5.32 Å². The maximum absolute atomic E-state index is 12.9. The van der Waals surface area contributed by atoms with Crippen LogP contribution >= 0.6 is 7.82 Å². The largest absolute Gasteiger partial charge is 0.478 e. The lowest BCUT2D eigenvalue weighted by atomic mass is 9.87. The number of esters is 4. The number of carbonyl (C=O) groups is 5. The molecule has 0 spiro atoms. The first-order valence-corrected chi connectivity index (χ1v) is 15.7. The van der Waals surface area contributed by atoms with Crippen LogP contribution in [0.3, 0.4) is 0 Å². The molecule has 0 aliphatic carbocycles. The number of amides is 1. The van der Waals surface area contributed by atoms with Crippen molar-refractivity contribution in [3.05, 3.63) is 35.9 Å². The van der Waals surface area contributed by atoms with Crippen LogP contribution in [-0.2, 0) is 67.7 Å². The first kappa shape index (κ1) is 36.9. The van der Waals surface area contributed by atoms with Crippen LogP contribution in [0.2, 0.25) is 0 Å². The summed E-state index contributed by atoms with van der Waals surface area (Å²) in [6.45, 7) is 5.98. The van der Waals surface area contributed by atoms with Gasteiger partial charge < -0.3 is 24.3 Å². The van der Waals surface area contributed by atoms with Crippen LogP contribution in [0.15, 0.2) is 30.3 Å².